The summed E-state index contributed by atoms with van der Waals surface area (Å²) in [6.07, 6.45) is 6.03. The highest BCUT2D eigenvalue weighted by Crippen LogP contribution is 2.31. The zero-order valence-electron chi connectivity index (χ0n) is 9.67. The normalized spacial score (nSPS) is 24.1. The molecule has 15 heavy (non-hydrogen) atoms. The van der Waals surface area contributed by atoms with Gasteiger partial charge in [0.05, 0.1) is 0 Å². The fourth-order valence-corrected chi connectivity index (χ4v) is 2.40. The van der Waals surface area contributed by atoms with Crippen molar-refractivity contribution in [2.24, 2.45) is 11.8 Å². The first kappa shape index (κ1) is 10.9. The molecular weight excluding hydrogens is 188 g/mol. The summed E-state index contributed by atoms with van der Waals surface area (Å²) in [4.78, 5) is 13.8. The van der Waals surface area contributed by atoms with Crippen LogP contribution in [0.2, 0.25) is 0 Å². The second-order valence-electron chi connectivity index (χ2n) is 5.06. The highest BCUT2D eigenvalue weighted by Gasteiger charge is 2.27. The van der Waals surface area contributed by atoms with Gasteiger partial charge in [-0.25, -0.2) is 0 Å². The topological polar surface area (TPSA) is 32.3 Å². The molecule has 86 valence electrons. The Morgan fingerprint density at radius 1 is 1.20 bits per heavy atom. The Balaban J connectivity index is 1.64. The first-order valence-electron chi connectivity index (χ1n) is 6.21. The molecule has 0 bridgehead atoms. The third-order valence-corrected chi connectivity index (χ3v) is 3.67. The maximum absolute atomic E-state index is 11.2. The Labute approximate surface area is 92.2 Å². The minimum Gasteiger partial charge on any atom is -0.359 e. The van der Waals surface area contributed by atoms with E-state index in [0.717, 1.165) is 12.3 Å². The van der Waals surface area contributed by atoms with Gasteiger partial charge in [0, 0.05) is 20.0 Å². The first-order valence-corrected chi connectivity index (χ1v) is 6.21. The summed E-state index contributed by atoms with van der Waals surface area (Å²) in [6, 6.07) is 0. The summed E-state index contributed by atoms with van der Waals surface area (Å²) >= 11 is 0. The van der Waals surface area contributed by atoms with Gasteiger partial charge in [0.25, 0.3) is 0 Å². The second-order valence-corrected chi connectivity index (χ2v) is 5.06. The molecule has 2 aliphatic rings. The van der Waals surface area contributed by atoms with Gasteiger partial charge >= 0.3 is 0 Å². The zero-order valence-corrected chi connectivity index (χ0v) is 9.67. The lowest BCUT2D eigenvalue weighted by Gasteiger charge is -2.31. The van der Waals surface area contributed by atoms with E-state index in [2.05, 4.69) is 10.2 Å². The molecule has 1 amide bonds. The quantitative estimate of drug-likeness (QED) is 0.757. The van der Waals surface area contributed by atoms with E-state index >= 15 is 0 Å². The fourth-order valence-electron chi connectivity index (χ4n) is 2.40. The molecule has 0 radical (unpaired) electrons. The number of nitrogens with zero attached hydrogens (tertiary/aromatic N) is 1. The van der Waals surface area contributed by atoms with Crippen molar-refractivity contribution in [1.82, 2.24) is 10.2 Å². The summed E-state index contributed by atoms with van der Waals surface area (Å²) in [6.45, 7) is 3.73. The van der Waals surface area contributed by atoms with Gasteiger partial charge in [-0.15, -0.1) is 0 Å². The van der Waals surface area contributed by atoms with Crippen LogP contribution in [0.25, 0.3) is 0 Å². The molecule has 0 unspecified atom stereocenters. The van der Waals surface area contributed by atoms with Crippen molar-refractivity contribution in [2.45, 2.75) is 32.1 Å². The number of carbonyl (C=O) groups excluding carboxylic acids is 1. The molecule has 3 nitrogen and oxygen atoms in total. The molecular formula is C12H22N2O. The van der Waals surface area contributed by atoms with E-state index in [1.54, 1.807) is 7.05 Å². The van der Waals surface area contributed by atoms with Crippen molar-refractivity contribution in [3.8, 4) is 0 Å². The largest absolute Gasteiger partial charge is 0.359 e. The molecule has 0 aromatic heterocycles. The van der Waals surface area contributed by atoms with Crippen LogP contribution in [0.5, 0.6) is 0 Å². The summed E-state index contributed by atoms with van der Waals surface area (Å²) in [5, 5.41) is 2.71. The lowest BCUT2D eigenvalue weighted by atomic mass is 9.93. The van der Waals surface area contributed by atoms with E-state index in [1.165, 1.54) is 45.3 Å². The zero-order chi connectivity index (χ0) is 10.7. The van der Waals surface area contributed by atoms with E-state index in [0.29, 0.717) is 5.92 Å². The van der Waals surface area contributed by atoms with Crippen LogP contribution in [0, 0.1) is 11.8 Å². The minimum atomic E-state index is 0.204. The third-order valence-electron chi connectivity index (χ3n) is 3.67. The monoisotopic (exact) mass is 210 g/mol. The first-order chi connectivity index (χ1) is 7.28. The van der Waals surface area contributed by atoms with Crippen LogP contribution < -0.4 is 5.32 Å². The maximum Gasteiger partial charge on any atom is 0.220 e. The van der Waals surface area contributed by atoms with Crippen molar-refractivity contribution in [3.05, 3.63) is 0 Å². The van der Waals surface area contributed by atoms with Crippen molar-refractivity contribution in [1.29, 1.82) is 0 Å². The number of hydrogen-bond donors (Lipinski definition) is 1. The third kappa shape index (κ3) is 3.49. The lowest BCUT2D eigenvalue weighted by molar-refractivity contribution is -0.121. The second kappa shape index (κ2) is 4.97. The molecule has 0 aromatic rings. The van der Waals surface area contributed by atoms with Crippen LogP contribution in [0.15, 0.2) is 0 Å². The average molecular weight is 210 g/mol. The summed E-state index contributed by atoms with van der Waals surface area (Å²) in [5.41, 5.74) is 0. The van der Waals surface area contributed by atoms with Crippen molar-refractivity contribution < 1.29 is 4.79 Å². The van der Waals surface area contributed by atoms with Crippen LogP contribution in [-0.2, 0) is 4.79 Å². The molecule has 0 aromatic carbocycles. The van der Waals surface area contributed by atoms with E-state index in [9.17, 15) is 4.79 Å². The molecule has 1 saturated carbocycles. The number of piperidine rings is 1. The van der Waals surface area contributed by atoms with Gasteiger partial charge in [-0.05, 0) is 50.6 Å². The fraction of sp³-hybridized carbons (Fsp3) is 0.917. The Bertz CT molecular complexity index is 218. The molecule has 2 fully saturated rings. The average Bonchev–Trinajstić information content (AvgIpc) is 3.05. The summed E-state index contributed by atoms with van der Waals surface area (Å²) < 4.78 is 0. The van der Waals surface area contributed by atoms with Crippen molar-refractivity contribution in [3.63, 3.8) is 0 Å². The minimum absolute atomic E-state index is 0.204. The number of carbonyl (C=O) groups is 1. The number of amides is 1. The SMILES string of the molecule is CNC(=O)CC1CCN(CC2CC2)CC1. The van der Waals surface area contributed by atoms with Gasteiger partial charge in [0.2, 0.25) is 5.91 Å². The van der Waals surface area contributed by atoms with E-state index < -0.39 is 0 Å². The Kier molecular flexibility index (Phi) is 3.62. The van der Waals surface area contributed by atoms with Gasteiger partial charge in [-0.2, -0.15) is 0 Å². The predicted octanol–water partition coefficient (Wildman–Crippen LogP) is 1.24. The van der Waals surface area contributed by atoms with Gasteiger partial charge in [0.1, 0.15) is 0 Å². The van der Waals surface area contributed by atoms with E-state index in [4.69, 9.17) is 0 Å². The maximum atomic E-state index is 11.2. The Hall–Kier alpha value is -0.570. The molecule has 1 aliphatic heterocycles. The molecule has 3 heteroatoms. The van der Waals surface area contributed by atoms with Crippen molar-refractivity contribution in [2.75, 3.05) is 26.7 Å². The lowest BCUT2D eigenvalue weighted by Crippen LogP contribution is -2.36. The number of nitrogens with one attached hydrogen (secondary N) is 1. The summed E-state index contributed by atoms with van der Waals surface area (Å²) in [5.74, 6) is 1.83. The molecule has 1 heterocycles. The van der Waals surface area contributed by atoms with Crippen LogP contribution in [0.4, 0.5) is 0 Å². The summed E-state index contributed by atoms with van der Waals surface area (Å²) in [7, 11) is 1.73. The number of rotatable bonds is 4. The van der Waals surface area contributed by atoms with Crippen LogP contribution >= 0.6 is 0 Å². The molecule has 1 aliphatic carbocycles. The Morgan fingerprint density at radius 2 is 1.87 bits per heavy atom. The van der Waals surface area contributed by atoms with Crippen molar-refractivity contribution >= 4 is 5.91 Å². The standard InChI is InChI=1S/C12H22N2O/c1-13-12(15)8-10-4-6-14(7-5-10)9-11-2-3-11/h10-11H,2-9H2,1H3,(H,13,15). The molecule has 2 rings (SSSR count). The molecule has 0 spiro atoms. The highest BCUT2D eigenvalue weighted by molar-refractivity contribution is 5.75. The molecule has 1 N–H and O–H groups in total. The van der Waals surface area contributed by atoms with Crippen LogP contribution in [0.1, 0.15) is 32.1 Å². The molecule has 0 atom stereocenters. The van der Waals surface area contributed by atoms with Crippen LogP contribution in [-0.4, -0.2) is 37.5 Å². The predicted molar refractivity (Wildman–Crippen MR) is 60.6 cm³/mol. The van der Waals surface area contributed by atoms with Crippen LogP contribution in [0.3, 0.4) is 0 Å². The van der Waals surface area contributed by atoms with Gasteiger partial charge < -0.3 is 10.2 Å². The number of likely N-dealkylation sites (tertiary alicyclic amines) is 1. The van der Waals surface area contributed by atoms with Gasteiger partial charge in [0.15, 0.2) is 0 Å². The van der Waals surface area contributed by atoms with Gasteiger partial charge in [-0.1, -0.05) is 0 Å². The van der Waals surface area contributed by atoms with E-state index in [-0.39, 0.29) is 5.91 Å². The van der Waals surface area contributed by atoms with Gasteiger partial charge in [-0.3, -0.25) is 4.79 Å². The number of hydrogen-bond acceptors (Lipinski definition) is 2. The molecule has 1 saturated heterocycles. The Morgan fingerprint density at radius 3 is 2.40 bits per heavy atom. The highest BCUT2D eigenvalue weighted by atomic mass is 16.1. The smallest absolute Gasteiger partial charge is 0.220 e. The van der Waals surface area contributed by atoms with E-state index in [1.807, 2.05) is 0 Å².